The molecule has 2 aromatic carbocycles. The lowest BCUT2D eigenvalue weighted by Gasteiger charge is -2.34. The molecule has 1 heterocycles. The average molecular weight is 462 g/mol. The molecular formula is C28H31NO5. The molecule has 2 aliphatic rings. The number of allylic oxidation sites excluding steroid dienone is 3. The molecule has 1 N–H and O–H groups in total. The van der Waals surface area contributed by atoms with Gasteiger partial charge in [-0.15, -0.1) is 0 Å². The summed E-state index contributed by atoms with van der Waals surface area (Å²) in [6.07, 6.45) is 2.78. The maximum Gasteiger partial charge on any atom is 0.336 e. The fourth-order valence-electron chi connectivity index (χ4n) is 4.58. The van der Waals surface area contributed by atoms with Crippen LogP contribution in [-0.4, -0.2) is 25.5 Å². The second kappa shape index (κ2) is 10.6. The van der Waals surface area contributed by atoms with E-state index < -0.39 is 11.9 Å². The molecule has 0 amide bonds. The molecule has 0 radical (unpaired) electrons. The highest BCUT2D eigenvalue weighted by atomic mass is 16.5. The highest BCUT2D eigenvalue weighted by molar-refractivity contribution is 6.03. The van der Waals surface area contributed by atoms with Gasteiger partial charge in [-0.2, -0.15) is 0 Å². The Hall–Kier alpha value is -3.54. The topological polar surface area (TPSA) is 73.9 Å². The van der Waals surface area contributed by atoms with E-state index in [1.165, 1.54) is 0 Å². The highest BCUT2D eigenvalue weighted by Crippen LogP contribution is 2.44. The number of nitrogens with one attached hydrogen (secondary N) is 1. The first kappa shape index (κ1) is 23.6. The number of carbonyl (C=O) groups is 2. The lowest BCUT2D eigenvalue weighted by molar-refractivity contribution is -0.139. The van der Waals surface area contributed by atoms with E-state index in [0.717, 1.165) is 41.8 Å². The number of ether oxygens (including phenoxy) is 3. The largest absolute Gasteiger partial charge is 0.493 e. The fourth-order valence-corrected chi connectivity index (χ4v) is 4.58. The van der Waals surface area contributed by atoms with Crippen LogP contribution in [0.1, 0.15) is 56.6 Å². The van der Waals surface area contributed by atoms with Gasteiger partial charge in [-0.3, -0.25) is 4.79 Å². The van der Waals surface area contributed by atoms with Gasteiger partial charge in [0.2, 0.25) is 0 Å². The van der Waals surface area contributed by atoms with Crippen molar-refractivity contribution in [2.45, 2.75) is 52.1 Å². The summed E-state index contributed by atoms with van der Waals surface area (Å²) in [6, 6.07) is 15.5. The zero-order valence-electron chi connectivity index (χ0n) is 20.0. The highest BCUT2D eigenvalue weighted by Gasteiger charge is 2.39. The Bertz CT molecular complexity index is 1130. The van der Waals surface area contributed by atoms with Crippen LogP contribution in [0.3, 0.4) is 0 Å². The molecule has 4 rings (SSSR count). The number of esters is 1. The predicted octanol–water partition coefficient (Wildman–Crippen LogP) is 5.20. The summed E-state index contributed by atoms with van der Waals surface area (Å²) in [5.41, 5.74) is 4.60. The van der Waals surface area contributed by atoms with Crippen molar-refractivity contribution in [1.29, 1.82) is 0 Å². The van der Waals surface area contributed by atoms with Gasteiger partial charge in [-0.25, -0.2) is 4.79 Å². The Kier molecular flexibility index (Phi) is 7.36. The number of dihydropyridines is 1. The van der Waals surface area contributed by atoms with Crippen molar-refractivity contribution < 1.29 is 23.8 Å². The van der Waals surface area contributed by atoms with Gasteiger partial charge in [-0.05, 0) is 49.4 Å². The normalized spacial score (nSPS) is 17.7. The second-order valence-electron chi connectivity index (χ2n) is 8.59. The summed E-state index contributed by atoms with van der Waals surface area (Å²) in [4.78, 5) is 26.2. The zero-order chi connectivity index (χ0) is 24.1. The van der Waals surface area contributed by atoms with Crippen LogP contribution in [0.2, 0.25) is 0 Å². The van der Waals surface area contributed by atoms with E-state index in [-0.39, 0.29) is 5.78 Å². The molecule has 1 aliphatic heterocycles. The third-order valence-corrected chi connectivity index (χ3v) is 6.19. The van der Waals surface area contributed by atoms with Crippen molar-refractivity contribution >= 4 is 11.8 Å². The fraction of sp³-hybridized carbons (Fsp3) is 0.357. The van der Waals surface area contributed by atoms with E-state index in [9.17, 15) is 9.59 Å². The first-order chi connectivity index (χ1) is 16.5. The third-order valence-electron chi connectivity index (χ3n) is 6.19. The van der Waals surface area contributed by atoms with Crippen LogP contribution < -0.4 is 14.8 Å². The van der Waals surface area contributed by atoms with E-state index in [1.807, 2.05) is 62.4 Å². The monoisotopic (exact) mass is 461 g/mol. The van der Waals surface area contributed by atoms with Crippen LogP contribution in [-0.2, 0) is 20.9 Å². The minimum absolute atomic E-state index is 0.0652. The second-order valence-corrected chi connectivity index (χ2v) is 8.59. The van der Waals surface area contributed by atoms with Gasteiger partial charge in [0.05, 0.1) is 19.3 Å². The minimum Gasteiger partial charge on any atom is -0.493 e. The van der Waals surface area contributed by atoms with E-state index in [0.29, 0.717) is 42.3 Å². The molecule has 1 unspecified atom stereocenters. The maximum absolute atomic E-state index is 13.1. The lowest BCUT2D eigenvalue weighted by Crippen LogP contribution is -2.34. The minimum atomic E-state index is -0.509. The lowest BCUT2D eigenvalue weighted by atomic mass is 9.75. The van der Waals surface area contributed by atoms with E-state index >= 15 is 0 Å². The van der Waals surface area contributed by atoms with Crippen LogP contribution in [0.15, 0.2) is 71.1 Å². The van der Waals surface area contributed by atoms with Gasteiger partial charge in [0, 0.05) is 29.3 Å². The van der Waals surface area contributed by atoms with Gasteiger partial charge in [-0.1, -0.05) is 43.3 Å². The van der Waals surface area contributed by atoms with Gasteiger partial charge < -0.3 is 19.5 Å². The van der Waals surface area contributed by atoms with Gasteiger partial charge in [0.25, 0.3) is 0 Å². The van der Waals surface area contributed by atoms with Crippen molar-refractivity contribution in [3.8, 4) is 11.5 Å². The SMILES string of the molecule is CCCOC(=O)C1=C(C)NC2=C(C(=O)CCC2)C1c1ccc(OCc2ccccc2)c(OC)c1. The Labute approximate surface area is 200 Å². The Morgan fingerprint density at radius 2 is 1.88 bits per heavy atom. The number of ketones is 1. The Morgan fingerprint density at radius 3 is 2.62 bits per heavy atom. The molecule has 2 aromatic rings. The van der Waals surface area contributed by atoms with Gasteiger partial charge >= 0.3 is 5.97 Å². The summed E-state index contributed by atoms with van der Waals surface area (Å²) in [5.74, 6) is 0.311. The molecule has 0 bridgehead atoms. The number of Topliss-reactive ketones (excluding diaryl/α,β-unsaturated/α-hetero) is 1. The van der Waals surface area contributed by atoms with Crippen LogP contribution in [0.4, 0.5) is 0 Å². The van der Waals surface area contributed by atoms with Gasteiger partial charge in [0.1, 0.15) is 6.61 Å². The number of hydrogen-bond acceptors (Lipinski definition) is 6. The summed E-state index contributed by atoms with van der Waals surface area (Å²) < 4.78 is 17.2. The van der Waals surface area contributed by atoms with E-state index in [2.05, 4.69) is 5.32 Å². The average Bonchev–Trinajstić information content (AvgIpc) is 2.86. The number of benzene rings is 2. The van der Waals surface area contributed by atoms with Crippen molar-refractivity contribution in [3.63, 3.8) is 0 Å². The van der Waals surface area contributed by atoms with Crippen molar-refractivity contribution in [2.24, 2.45) is 0 Å². The zero-order valence-corrected chi connectivity index (χ0v) is 20.0. The van der Waals surface area contributed by atoms with Crippen LogP contribution in [0.25, 0.3) is 0 Å². The molecular weight excluding hydrogens is 430 g/mol. The quantitative estimate of drug-likeness (QED) is 0.545. The number of methoxy groups -OCH3 is 1. The van der Waals surface area contributed by atoms with Crippen molar-refractivity contribution in [1.82, 2.24) is 5.32 Å². The maximum atomic E-state index is 13.1. The first-order valence-corrected chi connectivity index (χ1v) is 11.8. The standard InChI is InChI=1S/C28H31NO5/c1-4-15-33-28(31)25-18(2)29-21-11-8-12-22(30)27(21)26(25)20-13-14-23(24(16-20)32-3)34-17-19-9-6-5-7-10-19/h5-7,9-10,13-14,16,26,29H,4,8,11-12,15,17H2,1-3H3. The Balaban J connectivity index is 1.71. The van der Waals surface area contributed by atoms with E-state index in [4.69, 9.17) is 14.2 Å². The molecule has 1 aliphatic carbocycles. The molecule has 178 valence electrons. The van der Waals surface area contributed by atoms with Gasteiger partial charge in [0.15, 0.2) is 17.3 Å². The molecule has 34 heavy (non-hydrogen) atoms. The summed E-state index contributed by atoms with van der Waals surface area (Å²) in [5, 5.41) is 3.32. The summed E-state index contributed by atoms with van der Waals surface area (Å²) in [7, 11) is 1.59. The summed E-state index contributed by atoms with van der Waals surface area (Å²) >= 11 is 0. The molecule has 6 nitrogen and oxygen atoms in total. The molecule has 6 heteroatoms. The molecule has 1 atom stereocenters. The molecule has 0 spiro atoms. The molecule has 0 fully saturated rings. The van der Waals surface area contributed by atoms with Crippen molar-refractivity contribution in [3.05, 3.63) is 82.2 Å². The number of rotatable bonds is 8. The van der Waals surface area contributed by atoms with Crippen LogP contribution >= 0.6 is 0 Å². The smallest absolute Gasteiger partial charge is 0.336 e. The Morgan fingerprint density at radius 1 is 1.09 bits per heavy atom. The predicted molar refractivity (Wildman–Crippen MR) is 129 cm³/mol. The molecule has 0 aromatic heterocycles. The number of hydrogen-bond donors (Lipinski definition) is 1. The molecule has 0 saturated carbocycles. The first-order valence-electron chi connectivity index (χ1n) is 11.8. The van der Waals surface area contributed by atoms with Crippen LogP contribution in [0, 0.1) is 0 Å². The van der Waals surface area contributed by atoms with Crippen LogP contribution in [0.5, 0.6) is 11.5 Å². The van der Waals surface area contributed by atoms with E-state index in [1.54, 1.807) is 7.11 Å². The summed E-state index contributed by atoms with van der Waals surface area (Å²) in [6.45, 7) is 4.56. The number of carbonyl (C=O) groups excluding carboxylic acids is 2. The third kappa shape index (κ3) is 4.86. The van der Waals surface area contributed by atoms with Crippen molar-refractivity contribution in [2.75, 3.05) is 13.7 Å². The molecule has 0 saturated heterocycles.